The van der Waals surface area contributed by atoms with Crippen molar-refractivity contribution in [2.24, 2.45) is 0 Å². The van der Waals surface area contributed by atoms with E-state index in [0.717, 1.165) is 56.4 Å². The smallest absolute Gasteiger partial charge is 0.336 e. The second-order valence-corrected chi connectivity index (χ2v) is 8.39. The molecule has 0 atom stereocenters. The largest absolute Gasteiger partial charge is 0.478 e. The van der Waals surface area contributed by atoms with Crippen LogP contribution in [0.4, 0.5) is 0 Å². The van der Waals surface area contributed by atoms with Crippen LogP contribution in [0.1, 0.15) is 46.6 Å². The number of aromatic nitrogens is 5. The first-order valence-electron chi connectivity index (χ1n) is 11.7. The highest BCUT2D eigenvalue weighted by molar-refractivity contribution is 6.05. The van der Waals surface area contributed by atoms with Crippen molar-refractivity contribution in [2.75, 3.05) is 0 Å². The number of hydrogen-bond acceptors (Lipinski definition) is 5. The Balaban J connectivity index is 1.57. The summed E-state index contributed by atoms with van der Waals surface area (Å²) in [5, 5.41) is 25.4. The van der Waals surface area contributed by atoms with Crippen molar-refractivity contribution >= 4 is 16.9 Å². The number of nitrogens with zero attached hydrogens (tertiary/aromatic N) is 4. The summed E-state index contributed by atoms with van der Waals surface area (Å²) in [5.74, 6) is -0.369. The Hall–Kier alpha value is -4.39. The van der Waals surface area contributed by atoms with E-state index in [1.54, 1.807) is 0 Å². The van der Waals surface area contributed by atoms with Crippen LogP contribution in [0, 0.1) is 0 Å². The fourth-order valence-corrected chi connectivity index (χ4v) is 4.70. The SMILES string of the molecule is CCc1nc2cccc(CC)c2c(C(=O)O)c1Cc1ccc(-c2ccccc2-c2nn[nH]n2)cc1. The van der Waals surface area contributed by atoms with Crippen molar-refractivity contribution in [3.05, 3.63) is 94.7 Å². The predicted molar refractivity (Wildman–Crippen MR) is 135 cm³/mol. The normalized spacial score (nSPS) is 11.1. The van der Waals surface area contributed by atoms with Gasteiger partial charge in [0.2, 0.25) is 5.82 Å². The van der Waals surface area contributed by atoms with Crippen molar-refractivity contribution in [3.63, 3.8) is 0 Å². The van der Waals surface area contributed by atoms with E-state index in [1.165, 1.54) is 0 Å². The number of nitrogens with one attached hydrogen (secondary N) is 1. The molecule has 0 saturated heterocycles. The minimum absolute atomic E-state index is 0.371. The molecule has 0 aliphatic heterocycles. The fraction of sp³-hybridized carbons (Fsp3) is 0.179. The maximum absolute atomic E-state index is 12.5. The number of pyridine rings is 1. The van der Waals surface area contributed by atoms with Gasteiger partial charge in [0.05, 0.1) is 11.1 Å². The molecule has 7 nitrogen and oxygen atoms in total. The van der Waals surface area contributed by atoms with E-state index in [1.807, 2.05) is 80.6 Å². The van der Waals surface area contributed by atoms with Gasteiger partial charge in [0.25, 0.3) is 0 Å². The standard InChI is InChI=1S/C28H25N5O2/c1-3-18-8-7-11-24-25(18)26(28(34)35)22(23(4-2)29-24)16-17-12-14-19(15-13-17)20-9-5-6-10-21(20)27-30-32-33-31-27/h5-15H,3-4,16H2,1-2H3,(H,34,35)(H,30,31,32,33). The Bertz CT molecular complexity index is 1510. The molecular formula is C28H25N5O2. The van der Waals surface area contributed by atoms with Crippen LogP contribution < -0.4 is 0 Å². The number of carboxylic acid groups (broad SMARTS) is 1. The Kier molecular flexibility index (Phi) is 6.06. The van der Waals surface area contributed by atoms with Crippen molar-refractivity contribution in [1.29, 1.82) is 0 Å². The molecule has 5 aromatic rings. The minimum Gasteiger partial charge on any atom is -0.478 e. The lowest BCUT2D eigenvalue weighted by molar-refractivity contribution is 0.0697. The number of benzene rings is 3. The van der Waals surface area contributed by atoms with Gasteiger partial charge in [-0.05, 0) is 51.9 Å². The van der Waals surface area contributed by atoms with Gasteiger partial charge in [-0.15, -0.1) is 10.2 Å². The van der Waals surface area contributed by atoms with Gasteiger partial charge in [-0.1, -0.05) is 74.5 Å². The molecule has 0 fully saturated rings. The molecule has 0 aliphatic rings. The minimum atomic E-state index is -0.909. The molecule has 0 spiro atoms. The second kappa shape index (κ2) is 9.46. The summed E-state index contributed by atoms with van der Waals surface area (Å²) >= 11 is 0. The van der Waals surface area contributed by atoms with Crippen LogP contribution in [-0.2, 0) is 19.3 Å². The van der Waals surface area contributed by atoms with Gasteiger partial charge in [-0.2, -0.15) is 5.21 Å². The van der Waals surface area contributed by atoms with Crippen LogP contribution in [0.25, 0.3) is 33.4 Å². The Morgan fingerprint density at radius 1 is 0.914 bits per heavy atom. The molecule has 0 saturated carbocycles. The van der Waals surface area contributed by atoms with E-state index in [-0.39, 0.29) is 0 Å². The number of rotatable bonds is 7. The Morgan fingerprint density at radius 3 is 2.34 bits per heavy atom. The van der Waals surface area contributed by atoms with Gasteiger partial charge in [0.1, 0.15) is 0 Å². The third-order valence-corrected chi connectivity index (χ3v) is 6.37. The number of H-pyrrole nitrogens is 1. The summed E-state index contributed by atoms with van der Waals surface area (Å²) in [5.41, 5.74) is 7.67. The van der Waals surface area contributed by atoms with E-state index >= 15 is 0 Å². The molecule has 0 radical (unpaired) electrons. The zero-order valence-electron chi connectivity index (χ0n) is 19.6. The average molecular weight is 464 g/mol. The molecule has 3 aromatic carbocycles. The molecule has 0 aliphatic carbocycles. The molecule has 2 aromatic heterocycles. The first kappa shape index (κ1) is 22.4. The van der Waals surface area contributed by atoms with Crippen LogP contribution in [-0.4, -0.2) is 36.7 Å². The van der Waals surface area contributed by atoms with Crippen LogP contribution in [0.15, 0.2) is 66.7 Å². The summed E-state index contributed by atoms with van der Waals surface area (Å²) in [6.45, 7) is 4.06. The number of aryl methyl sites for hydroxylation is 2. The zero-order valence-corrected chi connectivity index (χ0v) is 19.6. The molecule has 0 bridgehead atoms. The summed E-state index contributed by atoms with van der Waals surface area (Å²) in [6.07, 6.45) is 1.91. The van der Waals surface area contributed by atoms with Gasteiger partial charge in [-0.3, -0.25) is 4.98 Å². The highest BCUT2D eigenvalue weighted by atomic mass is 16.4. The van der Waals surface area contributed by atoms with Gasteiger partial charge in [-0.25, -0.2) is 4.79 Å². The lowest BCUT2D eigenvalue weighted by Crippen LogP contribution is -2.11. The number of carbonyl (C=O) groups is 1. The van der Waals surface area contributed by atoms with Crippen molar-refractivity contribution in [1.82, 2.24) is 25.6 Å². The number of aromatic carboxylic acids is 1. The van der Waals surface area contributed by atoms with Gasteiger partial charge in [0.15, 0.2) is 0 Å². The summed E-state index contributed by atoms with van der Waals surface area (Å²) in [7, 11) is 0. The highest BCUT2D eigenvalue weighted by Crippen LogP contribution is 2.32. The molecular weight excluding hydrogens is 438 g/mol. The van der Waals surface area contributed by atoms with Crippen LogP contribution in [0.3, 0.4) is 0 Å². The third kappa shape index (κ3) is 4.17. The quantitative estimate of drug-likeness (QED) is 0.330. The fourth-order valence-electron chi connectivity index (χ4n) is 4.70. The van der Waals surface area contributed by atoms with Crippen LogP contribution >= 0.6 is 0 Å². The van der Waals surface area contributed by atoms with Crippen molar-refractivity contribution in [2.45, 2.75) is 33.1 Å². The molecule has 0 amide bonds. The van der Waals surface area contributed by atoms with Gasteiger partial charge < -0.3 is 5.11 Å². The van der Waals surface area contributed by atoms with Gasteiger partial charge >= 0.3 is 5.97 Å². The van der Waals surface area contributed by atoms with Crippen LogP contribution in [0.5, 0.6) is 0 Å². The molecule has 5 rings (SSSR count). The third-order valence-electron chi connectivity index (χ3n) is 6.37. The number of carboxylic acids is 1. The molecule has 0 unspecified atom stereocenters. The molecule has 7 heteroatoms. The molecule has 35 heavy (non-hydrogen) atoms. The zero-order chi connectivity index (χ0) is 24.4. The first-order valence-corrected chi connectivity index (χ1v) is 11.7. The maximum atomic E-state index is 12.5. The summed E-state index contributed by atoms with van der Waals surface area (Å²) < 4.78 is 0. The lowest BCUT2D eigenvalue weighted by atomic mass is 9.90. The summed E-state index contributed by atoms with van der Waals surface area (Å²) in [6, 6.07) is 21.9. The van der Waals surface area contributed by atoms with Crippen molar-refractivity contribution in [3.8, 4) is 22.5 Å². The Labute approximate surface area is 202 Å². The number of tetrazole rings is 1. The van der Waals surface area contributed by atoms with E-state index in [4.69, 9.17) is 4.98 Å². The highest BCUT2D eigenvalue weighted by Gasteiger charge is 2.21. The van der Waals surface area contributed by atoms with E-state index in [9.17, 15) is 9.90 Å². The second-order valence-electron chi connectivity index (χ2n) is 8.39. The summed E-state index contributed by atoms with van der Waals surface area (Å²) in [4.78, 5) is 17.4. The Morgan fingerprint density at radius 2 is 1.69 bits per heavy atom. The number of hydrogen-bond donors (Lipinski definition) is 2. The maximum Gasteiger partial charge on any atom is 0.336 e. The van der Waals surface area contributed by atoms with Crippen LogP contribution in [0.2, 0.25) is 0 Å². The van der Waals surface area contributed by atoms with E-state index in [0.29, 0.717) is 24.2 Å². The van der Waals surface area contributed by atoms with E-state index < -0.39 is 5.97 Å². The topological polar surface area (TPSA) is 105 Å². The number of fused-ring (bicyclic) bond motifs is 1. The lowest BCUT2D eigenvalue weighted by Gasteiger charge is -2.16. The molecule has 2 N–H and O–H groups in total. The monoisotopic (exact) mass is 463 g/mol. The van der Waals surface area contributed by atoms with Gasteiger partial charge in [0, 0.05) is 23.1 Å². The number of aromatic amines is 1. The molecule has 174 valence electrons. The average Bonchev–Trinajstić information content (AvgIpc) is 3.43. The van der Waals surface area contributed by atoms with E-state index in [2.05, 4.69) is 20.6 Å². The molecule has 2 heterocycles. The first-order chi connectivity index (χ1) is 17.1. The van der Waals surface area contributed by atoms with Crippen molar-refractivity contribution < 1.29 is 9.90 Å². The predicted octanol–water partition coefficient (Wildman–Crippen LogP) is 5.50.